The van der Waals surface area contributed by atoms with Crippen molar-refractivity contribution in [2.45, 2.75) is 5.37 Å². The van der Waals surface area contributed by atoms with Crippen LogP contribution in [0, 0.1) is 10.1 Å². The van der Waals surface area contributed by atoms with Gasteiger partial charge in [0, 0.05) is 35.1 Å². The van der Waals surface area contributed by atoms with Crippen LogP contribution in [0.5, 0.6) is 0 Å². The molecule has 7 nitrogen and oxygen atoms in total. The molecule has 1 unspecified atom stereocenters. The normalized spacial score (nSPS) is 15.8. The van der Waals surface area contributed by atoms with E-state index >= 15 is 0 Å². The lowest BCUT2D eigenvalue weighted by atomic mass is 10.1. The van der Waals surface area contributed by atoms with Crippen LogP contribution in [0.1, 0.15) is 10.9 Å². The van der Waals surface area contributed by atoms with Crippen LogP contribution >= 0.6 is 11.8 Å². The maximum Gasteiger partial charge on any atom is 0.269 e. The SMILES string of the molecule is O=C1CSC(c2cn(-c3ccccc3)nc2-c2ccc([N+](=O)[O-])cc2)N1c1ccccc1. The van der Waals surface area contributed by atoms with Gasteiger partial charge in [0.25, 0.3) is 5.69 Å². The van der Waals surface area contributed by atoms with Crippen LogP contribution in [-0.2, 0) is 4.79 Å². The second-order valence-corrected chi connectivity index (χ2v) is 8.35. The van der Waals surface area contributed by atoms with Crippen molar-refractivity contribution < 1.29 is 9.72 Å². The zero-order chi connectivity index (χ0) is 22.1. The number of nitrogens with zero attached hydrogens (tertiary/aromatic N) is 4. The lowest BCUT2D eigenvalue weighted by molar-refractivity contribution is -0.384. The van der Waals surface area contributed by atoms with Crippen LogP contribution in [0.2, 0.25) is 0 Å². The highest BCUT2D eigenvalue weighted by Crippen LogP contribution is 2.45. The van der Waals surface area contributed by atoms with Crippen molar-refractivity contribution in [3.8, 4) is 16.9 Å². The van der Waals surface area contributed by atoms with Crippen molar-refractivity contribution in [3.63, 3.8) is 0 Å². The van der Waals surface area contributed by atoms with Crippen molar-refractivity contribution in [1.82, 2.24) is 9.78 Å². The van der Waals surface area contributed by atoms with E-state index in [9.17, 15) is 14.9 Å². The van der Waals surface area contributed by atoms with Crippen LogP contribution in [0.25, 0.3) is 16.9 Å². The zero-order valence-corrected chi connectivity index (χ0v) is 17.7. The molecule has 4 aromatic rings. The highest BCUT2D eigenvalue weighted by atomic mass is 32.2. The average Bonchev–Trinajstić information content (AvgIpc) is 3.44. The highest BCUT2D eigenvalue weighted by molar-refractivity contribution is 8.00. The Balaban J connectivity index is 1.64. The Kier molecular flexibility index (Phi) is 5.20. The van der Waals surface area contributed by atoms with Gasteiger partial charge < -0.3 is 0 Å². The van der Waals surface area contributed by atoms with Crippen LogP contribution in [-0.4, -0.2) is 26.4 Å². The number of carbonyl (C=O) groups is 1. The molecule has 1 aromatic heterocycles. The predicted molar refractivity (Wildman–Crippen MR) is 125 cm³/mol. The molecule has 1 atom stereocenters. The number of rotatable bonds is 5. The van der Waals surface area contributed by atoms with Crippen molar-refractivity contribution in [1.29, 1.82) is 0 Å². The second-order valence-electron chi connectivity index (χ2n) is 7.28. The number of nitro groups is 1. The van der Waals surface area contributed by atoms with Gasteiger partial charge >= 0.3 is 0 Å². The van der Waals surface area contributed by atoms with Gasteiger partial charge in [-0.05, 0) is 36.4 Å². The standard InChI is InChI=1S/C24H18N4O3S/c29-22-16-32-24(27(22)19-9-5-2-6-10-19)21-15-26(18-7-3-1-4-8-18)25-23(21)17-11-13-20(14-12-17)28(30)31/h1-15,24H,16H2. The predicted octanol–water partition coefficient (Wildman–Crippen LogP) is 5.23. The molecule has 1 aliphatic rings. The van der Waals surface area contributed by atoms with Crippen LogP contribution in [0.4, 0.5) is 11.4 Å². The minimum Gasteiger partial charge on any atom is -0.295 e. The molecular formula is C24H18N4O3S. The fourth-order valence-electron chi connectivity index (χ4n) is 3.77. The number of thioether (sulfide) groups is 1. The van der Waals surface area contributed by atoms with Crippen molar-refractivity contribution in [2.24, 2.45) is 0 Å². The summed E-state index contributed by atoms with van der Waals surface area (Å²) in [7, 11) is 0. The molecule has 0 N–H and O–H groups in total. The molecule has 0 aliphatic carbocycles. The number of benzene rings is 3. The first kappa shape index (κ1) is 20.0. The van der Waals surface area contributed by atoms with Gasteiger partial charge in [-0.3, -0.25) is 19.8 Å². The Morgan fingerprint density at radius 3 is 2.16 bits per heavy atom. The monoisotopic (exact) mass is 442 g/mol. The Labute approximate surface area is 188 Å². The summed E-state index contributed by atoms with van der Waals surface area (Å²) in [6, 6.07) is 25.7. The number of nitro benzene ring substituents is 1. The van der Waals surface area contributed by atoms with Gasteiger partial charge in [-0.25, -0.2) is 4.68 Å². The minimum atomic E-state index is -0.421. The molecule has 1 amide bonds. The Morgan fingerprint density at radius 1 is 0.906 bits per heavy atom. The molecule has 0 saturated carbocycles. The van der Waals surface area contributed by atoms with Gasteiger partial charge in [-0.15, -0.1) is 11.8 Å². The molecule has 1 saturated heterocycles. The van der Waals surface area contributed by atoms with E-state index in [1.54, 1.807) is 33.5 Å². The number of para-hydroxylation sites is 2. The summed E-state index contributed by atoms with van der Waals surface area (Å²) in [6.07, 6.45) is 1.94. The van der Waals surface area contributed by atoms with E-state index in [2.05, 4.69) is 0 Å². The molecule has 0 bridgehead atoms. The largest absolute Gasteiger partial charge is 0.295 e. The van der Waals surface area contributed by atoms with Crippen molar-refractivity contribution in [2.75, 3.05) is 10.7 Å². The molecular weight excluding hydrogens is 424 g/mol. The van der Waals surface area contributed by atoms with Crippen LogP contribution < -0.4 is 4.90 Å². The van der Waals surface area contributed by atoms with E-state index in [1.165, 1.54) is 12.1 Å². The van der Waals surface area contributed by atoms with Crippen molar-refractivity contribution in [3.05, 3.63) is 107 Å². The average molecular weight is 443 g/mol. The second kappa shape index (κ2) is 8.32. The van der Waals surface area contributed by atoms with Crippen LogP contribution in [0.3, 0.4) is 0 Å². The first-order valence-corrected chi connectivity index (χ1v) is 11.1. The summed E-state index contributed by atoms with van der Waals surface area (Å²) < 4.78 is 1.79. The topological polar surface area (TPSA) is 81.3 Å². The number of anilines is 1. The van der Waals surface area contributed by atoms with E-state index in [0.717, 1.165) is 22.5 Å². The summed E-state index contributed by atoms with van der Waals surface area (Å²) in [6.45, 7) is 0. The Morgan fingerprint density at radius 2 is 1.53 bits per heavy atom. The van der Waals surface area contributed by atoms with Gasteiger partial charge in [-0.1, -0.05) is 36.4 Å². The zero-order valence-electron chi connectivity index (χ0n) is 16.9. The van der Waals surface area contributed by atoms with Gasteiger partial charge in [0.05, 0.1) is 22.1 Å². The third-order valence-electron chi connectivity index (χ3n) is 5.28. The molecule has 0 spiro atoms. The molecule has 158 valence electrons. The molecule has 0 radical (unpaired) electrons. The minimum absolute atomic E-state index is 0.0223. The Hall–Kier alpha value is -3.91. The summed E-state index contributed by atoms with van der Waals surface area (Å²) in [4.78, 5) is 25.3. The smallest absolute Gasteiger partial charge is 0.269 e. The van der Waals surface area contributed by atoms with Gasteiger partial charge in [0.2, 0.25) is 5.91 Å². The van der Waals surface area contributed by atoms with Crippen LogP contribution in [0.15, 0.2) is 91.1 Å². The fraction of sp³-hybridized carbons (Fsp3) is 0.0833. The maximum absolute atomic E-state index is 12.8. The number of aromatic nitrogens is 2. The third-order valence-corrected chi connectivity index (χ3v) is 6.48. The first-order chi connectivity index (χ1) is 15.6. The van der Waals surface area contributed by atoms with Crippen molar-refractivity contribution >= 4 is 29.0 Å². The molecule has 2 heterocycles. The molecule has 32 heavy (non-hydrogen) atoms. The van der Waals surface area contributed by atoms with Gasteiger partial charge in [0.1, 0.15) is 5.37 Å². The van der Waals surface area contributed by atoms with E-state index < -0.39 is 4.92 Å². The number of hydrogen-bond donors (Lipinski definition) is 0. The Bertz CT molecular complexity index is 1270. The quantitative estimate of drug-likeness (QED) is 0.312. The highest BCUT2D eigenvalue weighted by Gasteiger charge is 2.37. The van der Waals surface area contributed by atoms with E-state index in [-0.39, 0.29) is 17.0 Å². The van der Waals surface area contributed by atoms with E-state index in [1.807, 2.05) is 66.9 Å². The number of carbonyl (C=O) groups excluding carboxylic acids is 1. The van der Waals surface area contributed by atoms with Gasteiger partial charge in [0.15, 0.2) is 0 Å². The third kappa shape index (κ3) is 3.65. The lowest BCUT2D eigenvalue weighted by Gasteiger charge is -2.24. The fourth-order valence-corrected chi connectivity index (χ4v) is 4.95. The summed E-state index contributed by atoms with van der Waals surface area (Å²) in [5.41, 5.74) is 4.07. The molecule has 8 heteroatoms. The van der Waals surface area contributed by atoms with Gasteiger partial charge in [-0.2, -0.15) is 5.10 Å². The van der Waals surface area contributed by atoms with E-state index in [4.69, 9.17) is 5.10 Å². The first-order valence-electron chi connectivity index (χ1n) is 10.0. The maximum atomic E-state index is 12.8. The van der Waals surface area contributed by atoms with E-state index in [0.29, 0.717) is 11.4 Å². The number of hydrogen-bond acceptors (Lipinski definition) is 5. The summed E-state index contributed by atoms with van der Waals surface area (Å²) in [5.74, 6) is 0.406. The summed E-state index contributed by atoms with van der Waals surface area (Å²) >= 11 is 1.55. The number of non-ortho nitro benzene ring substituents is 1. The molecule has 1 fully saturated rings. The molecule has 1 aliphatic heterocycles. The molecule has 5 rings (SSSR count). The number of amides is 1. The lowest BCUT2D eigenvalue weighted by Crippen LogP contribution is -2.27. The summed E-state index contributed by atoms with van der Waals surface area (Å²) in [5, 5.41) is 15.6. The molecule has 3 aromatic carbocycles.